The van der Waals surface area contributed by atoms with Crippen LogP contribution in [-0.2, 0) is 25.6 Å². The summed E-state index contributed by atoms with van der Waals surface area (Å²) in [6, 6.07) is 10.1. The van der Waals surface area contributed by atoms with Crippen molar-refractivity contribution >= 4 is 5.78 Å². The number of hydrogen-bond donors (Lipinski definition) is 0. The Kier molecular flexibility index (Phi) is 6.30. The van der Waals surface area contributed by atoms with E-state index in [1.807, 2.05) is 37.3 Å². The molecule has 0 radical (unpaired) electrons. The van der Waals surface area contributed by atoms with Gasteiger partial charge in [0.15, 0.2) is 11.6 Å². The molecule has 1 aromatic rings. The standard InChI is InChI=1S/C23H30O4/c1-4-22(2)19(17-25-16-18-8-6-5-7-9-18)10-11-21(24)20(22)12-13-23(3)26-14-15-27-23/h4-9,12,19H,1,10-11,13-17H2,2-3H3/b20-12-/t19-,22-/m0/s1. The second-order valence-electron chi connectivity index (χ2n) is 7.80. The Morgan fingerprint density at radius 3 is 2.59 bits per heavy atom. The lowest BCUT2D eigenvalue weighted by atomic mass is 9.64. The Hall–Kier alpha value is -1.75. The minimum atomic E-state index is -0.633. The van der Waals surface area contributed by atoms with Gasteiger partial charge in [-0.15, -0.1) is 6.58 Å². The molecule has 4 nitrogen and oxygen atoms in total. The monoisotopic (exact) mass is 370 g/mol. The normalized spacial score (nSPS) is 29.2. The van der Waals surface area contributed by atoms with Gasteiger partial charge in [-0.1, -0.05) is 49.4 Å². The molecule has 0 unspecified atom stereocenters. The molecule has 1 saturated heterocycles. The maximum absolute atomic E-state index is 12.7. The summed E-state index contributed by atoms with van der Waals surface area (Å²) in [6.07, 6.45) is 5.84. The van der Waals surface area contributed by atoms with Crippen LogP contribution in [0, 0.1) is 11.3 Å². The van der Waals surface area contributed by atoms with E-state index >= 15 is 0 Å². The van der Waals surface area contributed by atoms with E-state index in [0.717, 1.165) is 17.6 Å². The minimum absolute atomic E-state index is 0.193. The van der Waals surface area contributed by atoms with E-state index in [4.69, 9.17) is 14.2 Å². The van der Waals surface area contributed by atoms with Crippen LogP contribution in [0.4, 0.5) is 0 Å². The van der Waals surface area contributed by atoms with Crippen molar-refractivity contribution in [1.29, 1.82) is 0 Å². The van der Waals surface area contributed by atoms with Crippen LogP contribution >= 0.6 is 0 Å². The van der Waals surface area contributed by atoms with Gasteiger partial charge >= 0.3 is 0 Å². The van der Waals surface area contributed by atoms with Gasteiger partial charge in [-0.05, 0) is 24.8 Å². The van der Waals surface area contributed by atoms with E-state index in [0.29, 0.717) is 39.3 Å². The molecule has 2 atom stereocenters. The number of rotatable bonds is 7. The van der Waals surface area contributed by atoms with Crippen molar-refractivity contribution in [1.82, 2.24) is 0 Å². The fraction of sp³-hybridized carbons (Fsp3) is 0.522. The molecule has 1 aliphatic carbocycles. The van der Waals surface area contributed by atoms with Crippen molar-refractivity contribution in [3.63, 3.8) is 0 Å². The zero-order valence-electron chi connectivity index (χ0n) is 16.4. The van der Waals surface area contributed by atoms with Gasteiger partial charge in [-0.25, -0.2) is 0 Å². The number of hydrogen-bond acceptors (Lipinski definition) is 4. The highest BCUT2D eigenvalue weighted by Gasteiger charge is 2.42. The quantitative estimate of drug-likeness (QED) is 0.525. The lowest BCUT2D eigenvalue weighted by Gasteiger charge is -2.41. The molecule has 1 heterocycles. The summed E-state index contributed by atoms with van der Waals surface area (Å²) < 4.78 is 17.4. The Labute approximate surface area is 162 Å². The molecule has 3 rings (SSSR count). The van der Waals surface area contributed by atoms with Gasteiger partial charge in [0.1, 0.15) is 0 Å². The molecular formula is C23H30O4. The zero-order valence-corrected chi connectivity index (χ0v) is 16.4. The van der Waals surface area contributed by atoms with Gasteiger partial charge in [0.2, 0.25) is 0 Å². The van der Waals surface area contributed by atoms with Crippen LogP contribution in [0.25, 0.3) is 0 Å². The molecule has 1 saturated carbocycles. The Morgan fingerprint density at radius 1 is 1.22 bits per heavy atom. The number of Topliss-reactive ketones (excluding diaryl/α,β-unsaturated/α-hetero) is 1. The Morgan fingerprint density at radius 2 is 1.93 bits per heavy atom. The molecule has 146 valence electrons. The van der Waals surface area contributed by atoms with Gasteiger partial charge < -0.3 is 14.2 Å². The third-order valence-electron chi connectivity index (χ3n) is 5.88. The molecule has 1 aromatic carbocycles. The first-order chi connectivity index (χ1) is 13.0. The van der Waals surface area contributed by atoms with Crippen LogP contribution in [0.15, 0.2) is 54.6 Å². The third kappa shape index (κ3) is 4.57. The smallest absolute Gasteiger partial charge is 0.169 e. The molecule has 1 aliphatic heterocycles. The third-order valence-corrected chi connectivity index (χ3v) is 5.88. The van der Waals surface area contributed by atoms with E-state index < -0.39 is 11.2 Å². The first kappa shape index (κ1) is 20.0. The first-order valence-electron chi connectivity index (χ1n) is 9.74. The van der Waals surface area contributed by atoms with Crippen molar-refractivity contribution in [2.75, 3.05) is 19.8 Å². The average Bonchev–Trinajstić information content (AvgIpc) is 3.11. The number of ketones is 1. The second kappa shape index (κ2) is 8.51. The van der Waals surface area contributed by atoms with Gasteiger partial charge in [-0.2, -0.15) is 0 Å². The first-order valence-corrected chi connectivity index (χ1v) is 9.74. The van der Waals surface area contributed by atoms with Gasteiger partial charge in [0, 0.05) is 23.8 Å². The van der Waals surface area contributed by atoms with Crippen molar-refractivity contribution in [2.45, 2.75) is 45.5 Å². The topological polar surface area (TPSA) is 44.8 Å². The average molecular weight is 370 g/mol. The van der Waals surface area contributed by atoms with Crippen LogP contribution in [0.2, 0.25) is 0 Å². The largest absolute Gasteiger partial charge is 0.376 e. The Bertz CT molecular complexity index is 688. The maximum atomic E-state index is 12.7. The number of allylic oxidation sites excluding steroid dienone is 2. The number of carbonyl (C=O) groups excluding carboxylic acids is 1. The lowest BCUT2D eigenvalue weighted by molar-refractivity contribution is -0.138. The van der Waals surface area contributed by atoms with Crippen molar-refractivity contribution in [2.24, 2.45) is 11.3 Å². The highest BCUT2D eigenvalue weighted by Crippen LogP contribution is 2.45. The SMILES string of the molecule is C=C[C@]1(C)/C(=C\CC2(C)OCCO2)C(=O)CC[C@H]1COCc1ccccc1. The Balaban J connectivity index is 1.69. The summed E-state index contributed by atoms with van der Waals surface area (Å²) in [5, 5.41) is 0. The van der Waals surface area contributed by atoms with E-state index in [2.05, 4.69) is 25.6 Å². The van der Waals surface area contributed by atoms with E-state index in [9.17, 15) is 4.79 Å². The molecule has 0 N–H and O–H groups in total. The van der Waals surface area contributed by atoms with Gasteiger partial charge in [-0.3, -0.25) is 4.79 Å². The molecule has 4 heteroatoms. The second-order valence-corrected chi connectivity index (χ2v) is 7.80. The van der Waals surface area contributed by atoms with Crippen molar-refractivity contribution < 1.29 is 19.0 Å². The molecule has 2 aliphatic rings. The number of benzene rings is 1. The summed E-state index contributed by atoms with van der Waals surface area (Å²) in [7, 11) is 0. The fourth-order valence-electron chi connectivity index (χ4n) is 3.98. The van der Waals surface area contributed by atoms with Crippen molar-refractivity contribution in [3.05, 3.63) is 60.2 Å². The summed E-state index contributed by atoms with van der Waals surface area (Å²) in [5.74, 6) is -0.217. The van der Waals surface area contributed by atoms with Crippen LogP contribution in [-0.4, -0.2) is 31.4 Å². The summed E-state index contributed by atoms with van der Waals surface area (Å²) >= 11 is 0. The molecular weight excluding hydrogens is 340 g/mol. The van der Waals surface area contributed by atoms with Crippen molar-refractivity contribution in [3.8, 4) is 0 Å². The van der Waals surface area contributed by atoms with E-state index in [1.165, 1.54) is 0 Å². The van der Waals surface area contributed by atoms with Crippen LogP contribution < -0.4 is 0 Å². The van der Waals surface area contributed by atoms with Crippen LogP contribution in [0.1, 0.15) is 38.7 Å². The van der Waals surface area contributed by atoms with Gasteiger partial charge in [0.25, 0.3) is 0 Å². The zero-order chi connectivity index (χ0) is 19.3. The summed E-state index contributed by atoms with van der Waals surface area (Å²) in [4.78, 5) is 12.7. The highest BCUT2D eigenvalue weighted by molar-refractivity contribution is 5.98. The summed E-state index contributed by atoms with van der Waals surface area (Å²) in [5.41, 5.74) is 1.57. The summed E-state index contributed by atoms with van der Waals surface area (Å²) in [6.45, 7) is 10.4. The lowest BCUT2D eigenvalue weighted by Crippen LogP contribution is -2.39. The molecule has 0 spiro atoms. The minimum Gasteiger partial charge on any atom is -0.376 e. The molecule has 0 aromatic heterocycles. The van der Waals surface area contributed by atoms with Crippen LogP contribution in [0.5, 0.6) is 0 Å². The predicted octanol–water partition coefficient (Wildman–Crippen LogP) is 4.45. The predicted molar refractivity (Wildman–Crippen MR) is 105 cm³/mol. The van der Waals surface area contributed by atoms with Gasteiger partial charge in [0.05, 0.1) is 26.4 Å². The van der Waals surface area contributed by atoms with E-state index in [1.54, 1.807) is 0 Å². The number of carbonyl (C=O) groups is 1. The van der Waals surface area contributed by atoms with Crippen LogP contribution in [0.3, 0.4) is 0 Å². The fourth-order valence-corrected chi connectivity index (χ4v) is 3.98. The number of ether oxygens (including phenoxy) is 3. The highest BCUT2D eigenvalue weighted by atomic mass is 16.7. The van der Waals surface area contributed by atoms with E-state index in [-0.39, 0.29) is 11.7 Å². The molecule has 2 fully saturated rings. The maximum Gasteiger partial charge on any atom is 0.169 e. The molecule has 0 bridgehead atoms. The molecule has 0 amide bonds. The molecule has 27 heavy (non-hydrogen) atoms.